The lowest BCUT2D eigenvalue weighted by Crippen LogP contribution is -2.37. The van der Waals surface area contributed by atoms with E-state index in [1.165, 1.54) is 0 Å². The first-order chi connectivity index (χ1) is 10.7. The quantitative estimate of drug-likeness (QED) is 0.864. The number of aldehydes is 1. The van der Waals surface area contributed by atoms with E-state index in [0.717, 1.165) is 11.8 Å². The number of carbonyl (C=O) groups is 1. The van der Waals surface area contributed by atoms with Crippen LogP contribution >= 0.6 is 11.6 Å². The molecule has 0 aliphatic carbocycles. The van der Waals surface area contributed by atoms with Gasteiger partial charge >= 0.3 is 0 Å². The molecule has 0 saturated carbocycles. The lowest BCUT2D eigenvalue weighted by molar-refractivity contribution is -0.109. The van der Waals surface area contributed by atoms with E-state index in [-0.39, 0.29) is 5.82 Å². The molecule has 4 nitrogen and oxygen atoms in total. The SMILES string of the molecule is N#CC1=C(N)N(c2ccccc2Cl)C(C=O)c2ccccc21. The molecule has 0 saturated heterocycles. The van der Waals surface area contributed by atoms with Gasteiger partial charge in [-0.3, -0.25) is 0 Å². The fourth-order valence-corrected chi connectivity index (χ4v) is 2.94. The number of benzene rings is 2. The highest BCUT2D eigenvalue weighted by Crippen LogP contribution is 2.41. The zero-order valence-corrected chi connectivity index (χ0v) is 12.3. The highest BCUT2D eigenvalue weighted by Gasteiger charge is 2.33. The van der Waals surface area contributed by atoms with E-state index in [0.29, 0.717) is 21.8 Å². The number of hydrogen-bond donors (Lipinski definition) is 1. The Bertz CT molecular complexity index is 823. The molecular formula is C17H12ClN3O. The Hall–Kier alpha value is -2.77. The molecule has 0 amide bonds. The maximum Gasteiger partial charge on any atom is 0.147 e. The van der Waals surface area contributed by atoms with Gasteiger partial charge in [0.25, 0.3) is 0 Å². The third-order valence-electron chi connectivity index (χ3n) is 3.70. The third-order valence-corrected chi connectivity index (χ3v) is 4.01. The summed E-state index contributed by atoms with van der Waals surface area (Å²) < 4.78 is 0. The minimum absolute atomic E-state index is 0.228. The maximum absolute atomic E-state index is 11.7. The van der Waals surface area contributed by atoms with Gasteiger partial charge in [-0.1, -0.05) is 48.0 Å². The van der Waals surface area contributed by atoms with Crippen LogP contribution in [0.25, 0.3) is 5.57 Å². The summed E-state index contributed by atoms with van der Waals surface area (Å²) in [6, 6.07) is 15.9. The number of rotatable bonds is 2. The molecule has 0 spiro atoms. The van der Waals surface area contributed by atoms with Gasteiger partial charge in [-0.25, -0.2) is 0 Å². The topological polar surface area (TPSA) is 70.1 Å². The van der Waals surface area contributed by atoms with Gasteiger partial charge in [0, 0.05) is 5.56 Å². The van der Waals surface area contributed by atoms with Gasteiger partial charge in [0.15, 0.2) is 0 Å². The summed E-state index contributed by atoms with van der Waals surface area (Å²) in [6.45, 7) is 0. The molecule has 5 heteroatoms. The van der Waals surface area contributed by atoms with Crippen molar-refractivity contribution in [1.82, 2.24) is 0 Å². The number of para-hydroxylation sites is 1. The van der Waals surface area contributed by atoms with Crippen molar-refractivity contribution in [1.29, 1.82) is 5.26 Å². The predicted octanol–water partition coefficient (Wildman–Crippen LogP) is 3.25. The van der Waals surface area contributed by atoms with Crippen molar-refractivity contribution in [2.24, 2.45) is 5.73 Å². The zero-order chi connectivity index (χ0) is 15.7. The third kappa shape index (κ3) is 2.03. The molecule has 2 aromatic rings. The first-order valence-corrected chi connectivity index (χ1v) is 7.05. The number of allylic oxidation sites excluding steroid dienone is 1. The van der Waals surface area contributed by atoms with Crippen LogP contribution in [-0.2, 0) is 4.79 Å². The Balaban J connectivity index is 2.30. The molecular weight excluding hydrogens is 298 g/mol. The molecule has 1 atom stereocenters. The van der Waals surface area contributed by atoms with Crippen LogP contribution in [0.5, 0.6) is 0 Å². The Morgan fingerprint density at radius 3 is 2.55 bits per heavy atom. The molecule has 108 valence electrons. The van der Waals surface area contributed by atoms with Crippen molar-refractivity contribution in [3.05, 3.63) is 70.5 Å². The Labute approximate surface area is 133 Å². The van der Waals surface area contributed by atoms with E-state index in [1.54, 1.807) is 29.2 Å². The molecule has 1 aliphatic rings. The highest BCUT2D eigenvalue weighted by atomic mass is 35.5. The van der Waals surface area contributed by atoms with E-state index in [1.807, 2.05) is 24.3 Å². The average Bonchev–Trinajstić information content (AvgIpc) is 2.54. The number of fused-ring (bicyclic) bond motifs is 1. The summed E-state index contributed by atoms with van der Waals surface area (Å²) >= 11 is 6.24. The van der Waals surface area contributed by atoms with Crippen molar-refractivity contribution < 1.29 is 4.79 Å². The van der Waals surface area contributed by atoms with Gasteiger partial charge in [0.05, 0.1) is 16.3 Å². The molecule has 2 aromatic carbocycles. The number of anilines is 1. The van der Waals surface area contributed by atoms with E-state index < -0.39 is 6.04 Å². The second-order valence-corrected chi connectivity index (χ2v) is 5.27. The molecule has 1 heterocycles. The van der Waals surface area contributed by atoms with Crippen LogP contribution in [0.1, 0.15) is 17.2 Å². The number of nitrogens with zero attached hydrogens (tertiary/aromatic N) is 2. The summed E-state index contributed by atoms with van der Waals surface area (Å²) in [5.74, 6) is 0.228. The number of halogens is 1. The molecule has 22 heavy (non-hydrogen) atoms. The lowest BCUT2D eigenvalue weighted by atomic mass is 9.90. The largest absolute Gasteiger partial charge is 0.384 e. The van der Waals surface area contributed by atoms with E-state index >= 15 is 0 Å². The first-order valence-electron chi connectivity index (χ1n) is 6.67. The average molecular weight is 310 g/mol. The van der Waals surface area contributed by atoms with Crippen molar-refractivity contribution in [2.75, 3.05) is 4.90 Å². The standard InChI is InChI=1S/C17H12ClN3O/c18-14-7-3-4-8-15(14)21-16(10-22)12-6-2-1-5-11(12)13(9-19)17(21)20/h1-8,10,16H,20H2. The van der Waals surface area contributed by atoms with Crippen LogP contribution in [-0.4, -0.2) is 6.29 Å². The summed E-state index contributed by atoms with van der Waals surface area (Å²) in [7, 11) is 0. The first kappa shape index (κ1) is 14.2. The van der Waals surface area contributed by atoms with E-state index in [9.17, 15) is 10.1 Å². The van der Waals surface area contributed by atoms with Crippen molar-refractivity contribution in [2.45, 2.75) is 6.04 Å². The minimum Gasteiger partial charge on any atom is -0.384 e. The molecule has 2 N–H and O–H groups in total. The Morgan fingerprint density at radius 1 is 1.18 bits per heavy atom. The monoisotopic (exact) mass is 309 g/mol. The molecule has 0 bridgehead atoms. The molecule has 3 rings (SSSR count). The molecule has 0 aromatic heterocycles. The number of nitrogens with two attached hydrogens (primary N) is 1. The Morgan fingerprint density at radius 2 is 1.86 bits per heavy atom. The maximum atomic E-state index is 11.7. The summed E-state index contributed by atoms with van der Waals surface area (Å²) in [5.41, 5.74) is 8.54. The molecule has 0 radical (unpaired) electrons. The predicted molar refractivity (Wildman–Crippen MR) is 85.9 cm³/mol. The summed E-state index contributed by atoms with van der Waals surface area (Å²) in [6.07, 6.45) is 0.809. The van der Waals surface area contributed by atoms with Gasteiger partial charge in [-0.2, -0.15) is 5.26 Å². The van der Waals surface area contributed by atoms with Crippen LogP contribution in [0, 0.1) is 11.3 Å². The van der Waals surface area contributed by atoms with Crippen LogP contribution in [0.2, 0.25) is 5.02 Å². The fourth-order valence-electron chi connectivity index (χ4n) is 2.71. The van der Waals surface area contributed by atoms with Gasteiger partial charge in [0.1, 0.15) is 24.2 Å². The number of hydrogen-bond acceptors (Lipinski definition) is 4. The number of carbonyl (C=O) groups excluding carboxylic acids is 1. The smallest absolute Gasteiger partial charge is 0.147 e. The van der Waals surface area contributed by atoms with Gasteiger partial charge in [-0.05, 0) is 17.7 Å². The number of nitriles is 1. The van der Waals surface area contributed by atoms with Crippen LogP contribution in [0.3, 0.4) is 0 Å². The van der Waals surface area contributed by atoms with E-state index in [2.05, 4.69) is 6.07 Å². The van der Waals surface area contributed by atoms with E-state index in [4.69, 9.17) is 17.3 Å². The lowest BCUT2D eigenvalue weighted by Gasteiger charge is -2.36. The second-order valence-electron chi connectivity index (χ2n) is 4.86. The van der Waals surface area contributed by atoms with Gasteiger partial charge in [0.2, 0.25) is 0 Å². The van der Waals surface area contributed by atoms with Crippen LogP contribution in [0.4, 0.5) is 5.69 Å². The summed E-state index contributed by atoms with van der Waals surface area (Å²) in [5, 5.41) is 9.93. The summed E-state index contributed by atoms with van der Waals surface area (Å²) in [4.78, 5) is 13.3. The van der Waals surface area contributed by atoms with Crippen molar-refractivity contribution >= 4 is 29.1 Å². The van der Waals surface area contributed by atoms with Crippen LogP contribution < -0.4 is 10.6 Å². The fraction of sp³-hybridized carbons (Fsp3) is 0.0588. The highest BCUT2D eigenvalue weighted by molar-refractivity contribution is 6.33. The Kier molecular flexibility index (Phi) is 3.58. The zero-order valence-electron chi connectivity index (χ0n) is 11.5. The van der Waals surface area contributed by atoms with Crippen molar-refractivity contribution in [3.63, 3.8) is 0 Å². The minimum atomic E-state index is -0.617. The van der Waals surface area contributed by atoms with Gasteiger partial charge in [-0.15, -0.1) is 0 Å². The molecule has 1 aliphatic heterocycles. The molecule has 1 unspecified atom stereocenters. The normalized spacial score (nSPS) is 16.9. The second kappa shape index (κ2) is 5.55. The van der Waals surface area contributed by atoms with Crippen molar-refractivity contribution in [3.8, 4) is 6.07 Å². The van der Waals surface area contributed by atoms with Gasteiger partial charge < -0.3 is 15.4 Å². The molecule has 0 fully saturated rings. The van der Waals surface area contributed by atoms with Crippen LogP contribution in [0.15, 0.2) is 54.4 Å².